The van der Waals surface area contributed by atoms with E-state index in [0.717, 1.165) is 15.6 Å². The van der Waals surface area contributed by atoms with Crippen molar-refractivity contribution in [3.8, 4) is 22.6 Å². The van der Waals surface area contributed by atoms with E-state index in [-0.39, 0.29) is 17.4 Å². The van der Waals surface area contributed by atoms with Gasteiger partial charge < -0.3 is 14.8 Å². The van der Waals surface area contributed by atoms with Crippen LogP contribution in [-0.2, 0) is 4.79 Å². The van der Waals surface area contributed by atoms with Gasteiger partial charge in [0.15, 0.2) is 11.5 Å². The second-order valence-electron chi connectivity index (χ2n) is 5.42. The molecule has 1 aliphatic heterocycles. The number of pyridine rings is 1. The number of benzene rings is 1. The van der Waals surface area contributed by atoms with E-state index in [9.17, 15) is 9.18 Å². The Kier molecular flexibility index (Phi) is 5.29. The highest BCUT2D eigenvalue weighted by Crippen LogP contribution is 2.41. The minimum Gasteiger partial charge on any atom is -0.454 e. The number of aromatic nitrogens is 1. The van der Waals surface area contributed by atoms with Crippen LogP contribution in [0, 0.1) is 0 Å². The average molecular weight is 440 g/mol. The van der Waals surface area contributed by atoms with Crippen molar-refractivity contribution in [2.24, 2.45) is 0 Å². The van der Waals surface area contributed by atoms with Gasteiger partial charge in [0, 0.05) is 27.4 Å². The summed E-state index contributed by atoms with van der Waals surface area (Å²) >= 11 is 9.19. The summed E-state index contributed by atoms with van der Waals surface area (Å²) in [6.07, 6.45) is 1.60. The van der Waals surface area contributed by atoms with Gasteiger partial charge in [-0.2, -0.15) is 0 Å². The lowest BCUT2D eigenvalue weighted by atomic mass is 10.1. The number of anilines is 1. The number of halogens is 3. The summed E-state index contributed by atoms with van der Waals surface area (Å²) in [5, 5.41) is 2.24. The predicted molar refractivity (Wildman–Crippen MR) is 101 cm³/mol. The fourth-order valence-electron chi connectivity index (χ4n) is 2.28. The number of fused-ring (bicyclic) bond motifs is 1. The number of carbonyl (C=O) groups excluding carboxylic acids is 1. The van der Waals surface area contributed by atoms with Gasteiger partial charge in [-0.05, 0) is 31.2 Å². The Bertz CT molecular complexity index is 929. The van der Waals surface area contributed by atoms with Crippen LogP contribution in [0.3, 0.4) is 0 Å². The summed E-state index contributed by atoms with van der Waals surface area (Å²) in [7, 11) is 0. The van der Waals surface area contributed by atoms with Crippen molar-refractivity contribution in [3.63, 3.8) is 0 Å². The minimum absolute atomic E-state index is 0.0172. The highest BCUT2D eigenvalue weighted by molar-refractivity contribution is 9.10. The molecule has 0 fully saturated rings. The van der Waals surface area contributed by atoms with E-state index >= 15 is 0 Å². The zero-order chi connectivity index (χ0) is 18.8. The third kappa shape index (κ3) is 3.73. The van der Waals surface area contributed by atoms with Gasteiger partial charge in [0.25, 0.3) is 5.91 Å². The van der Waals surface area contributed by atoms with Crippen LogP contribution in [0.25, 0.3) is 11.1 Å². The second-order valence-corrected chi connectivity index (χ2v) is 6.65. The van der Waals surface area contributed by atoms with Crippen LogP contribution >= 0.6 is 27.5 Å². The van der Waals surface area contributed by atoms with Crippen molar-refractivity contribution < 1.29 is 18.7 Å². The van der Waals surface area contributed by atoms with Crippen molar-refractivity contribution in [1.82, 2.24) is 4.98 Å². The highest BCUT2D eigenvalue weighted by atomic mass is 79.9. The summed E-state index contributed by atoms with van der Waals surface area (Å²) in [6.45, 7) is 4.66. The third-order valence-corrected chi connectivity index (χ3v) is 4.83. The van der Waals surface area contributed by atoms with Crippen molar-refractivity contribution in [2.45, 2.75) is 6.92 Å². The Morgan fingerprint density at radius 3 is 2.65 bits per heavy atom. The van der Waals surface area contributed by atoms with Gasteiger partial charge in [-0.3, -0.25) is 4.79 Å². The molecular formula is C18H13BrClFN2O3. The van der Waals surface area contributed by atoms with E-state index in [1.165, 1.54) is 6.92 Å². The van der Waals surface area contributed by atoms with Gasteiger partial charge in [0.1, 0.15) is 11.6 Å². The van der Waals surface area contributed by atoms with Crippen molar-refractivity contribution in [3.05, 3.63) is 57.9 Å². The number of amides is 1. The molecule has 0 bridgehead atoms. The first-order valence-corrected chi connectivity index (χ1v) is 8.62. The van der Waals surface area contributed by atoms with Crippen molar-refractivity contribution >= 4 is 39.3 Å². The standard InChI is InChI=1S/C18H13BrClFN2O3/c1-9(17(20)10(2)21)18(24)23-16-4-3-11(7-22-16)12-5-14-15(6-13(12)19)26-8-25-14/h3-7H,2,8H2,1H3,(H,22,23,24). The molecule has 0 atom stereocenters. The first-order chi connectivity index (χ1) is 12.4. The van der Waals surface area contributed by atoms with Crippen LogP contribution in [0.15, 0.2) is 57.9 Å². The van der Waals surface area contributed by atoms with E-state index in [1.807, 2.05) is 12.1 Å². The van der Waals surface area contributed by atoms with Crippen LogP contribution in [-0.4, -0.2) is 17.7 Å². The summed E-state index contributed by atoms with van der Waals surface area (Å²) in [5.41, 5.74) is 1.70. The molecule has 1 aromatic carbocycles. The van der Waals surface area contributed by atoms with Crippen molar-refractivity contribution in [1.29, 1.82) is 0 Å². The molecule has 1 amide bonds. The fourth-order valence-corrected chi connectivity index (χ4v) is 2.92. The van der Waals surface area contributed by atoms with Crippen LogP contribution in [0.4, 0.5) is 10.2 Å². The molecule has 0 radical (unpaired) electrons. The molecule has 1 N–H and O–H groups in total. The number of carbonyl (C=O) groups is 1. The molecule has 0 saturated heterocycles. The van der Waals surface area contributed by atoms with Gasteiger partial charge in [-0.1, -0.05) is 34.1 Å². The van der Waals surface area contributed by atoms with Gasteiger partial charge in [-0.15, -0.1) is 0 Å². The van der Waals surface area contributed by atoms with Gasteiger partial charge in [0.2, 0.25) is 6.79 Å². The second kappa shape index (κ2) is 7.47. The first-order valence-electron chi connectivity index (χ1n) is 7.45. The van der Waals surface area contributed by atoms with Gasteiger partial charge in [-0.25, -0.2) is 9.37 Å². The Morgan fingerprint density at radius 2 is 2.04 bits per heavy atom. The summed E-state index contributed by atoms with van der Waals surface area (Å²) in [4.78, 5) is 16.3. The van der Waals surface area contributed by atoms with E-state index in [0.29, 0.717) is 17.3 Å². The van der Waals surface area contributed by atoms with E-state index < -0.39 is 11.7 Å². The lowest BCUT2D eigenvalue weighted by Crippen LogP contribution is -2.14. The van der Waals surface area contributed by atoms with E-state index in [2.05, 4.69) is 32.8 Å². The molecular weight excluding hydrogens is 427 g/mol. The molecule has 0 unspecified atom stereocenters. The Balaban J connectivity index is 1.81. The average Bonchev–Trinajstić information content (AvgIpc) is 3.07. The maximum atomic E-state index is 13.0. The maximum absolute atomic E-state index is 13.0. The highest BCUT2D eigenvalue weighted by Gasteiger charge is 2.17. The Morgan fingerprint density at radius 1 is 1.35 bits per heavy atom. The van der Waals surface area contributed by atoms with Gasteiger partial charge in [0.05, 0.1) is 5.03 Å². The summed E-state index contributed by atoms with van der Waals surface area (Å²) < 4.78 is 24.6. The summed E-state index contributed by atoms with van der Waals surface area (Å²) in [6, 6.07) is 7.10. The molecule has 2 heterocycles. The molecule has 5 nitrogen and oxygen atoms in total. The molecule has 1 aromatic heterocycles. The lowest BCUT2D eigenvalue weighted by molar-refractivity contribution is -0.112. The molecule has 0 spiro atoms. The SMILES string of the molecule is C=C(F)C(Cl)=C(C)C(=O)Nc1ccc(-c2cc3c(cc2Br)OCO3)cn1. The molecule has 2 aromatic rings. The molecule has 3 rings (SSSR count). The smallest absolute Gasteiger partial charge is 0.254 e. The number of hydrogen-bond donors (Lipinski definition) is 1. The van der Waals surface area contributed by atoms with Crippen LogP contribution in [0.5, 0.6) is 11.5 Å². The predicted octanol–water partition coefficient (Wildman–Crippen LogP) is 5.17. The maximum Gasteiger partial charge on any atom is 0.254 e. The molecule has 8 heteroatoms. The summed E-state index contributed by atoms with van der Waals surface area (Å²) in [5.74, 6) is 0.214. The molecule has 26 heavy (non-hydrogen) atoms. The quantitative estimate of drug-likeness (QED) is 0.527. The molecule has 134 valence electrons. The number of nitrogens with zero attached hydrogens (tertiary/aromatic N) is 1. The number of hydrogen-bond acceptors (Lipinski definition) is 4. The Hall–Kier alpha value is -2.38. The van der Waals surface area contributed by atoms with Gasteiger partial charge >= 0.3 is 0 Å². The Labute approximate surface area is 162 Å². The number of rotatable bonds is 4. The first kappa shape index (κ1) is 18.4. The van der Waals surface area contributed by atoms with Crippen molar-refractivity contribution in [2.75, 3.05) is 12.1 Å². The topological polar surface area (TPSA) is 60.5 Å². The zero-order valence-corrected chi connectivity index (χ0v) is 15.9. The van der Waals surface area contributed by atoms with Crippen LogP contribution in [0.2, 0.25) is 0 Å². The monoisotopic (exact) mass is 438 g/mol. The number of allylic oxidation sites excluding steroid dienone is 2. The van der Waals surface area contributed by atoms with E-state index in [1.54, 1.807) is 18.3 Å². The number of nitrogens with one attached hydrogen (secondary N) is 1. The lowest BCUT2D eigenvalue weighted by Gasteiger charge is -2.09. The van der Waals surface area contributed by atoms with E-state index in [4.69, 9.17) is 21.1 Å². The largest absolute Gasteiger partial charge is 0.454 e. The van der Waals surface area contributed by atoms with Crippen LogP contribution < -0.4 is 14.8 Å². The minimum atomic E-state index is -0.865. The van der Waals surface area contributed by atoms with Crippen LogP contribution in [0.1, 0.15) is 6.92 Å². The third-order valence-electron chi connectivity index (χ3n) is 3.69. The molecule has 0 aliphatic carbocycles. The molecule has 1 aliphatic rings. The zero-order valence-electron chi connectivity index (χ0n) is 13.6. The molecule has 0 saturated carbocycles. The number of ether oxygens (including phenoxy) is 2. The normalized spacial score (nSPS) is 13.2. The fraction of sp³-hybridized carbons (Fsp3) is 0.111.